The highest BCUT2D eigenvalue weighted by atomic mass is 35.5. The van der Waals surface area contributed by atoms with E-state index in [2.05, 4.69) is 0 Å². The van der Waals surface area contributed by atoms with Crippen LogP contribution in [0.3, 0.4) is 0 Å². The quantitative estimate of drug-likeness (QED) is 0.681. The lowest BCUT2D eigenvalue weighted by Crippen LogP contribution is -2.15. The maximum Gasteiger partial charge on any atom is 0.240 e. The standard InChI is InChI=1S/C6H6ClNOS/c7-5(6(8)9)4-2-1-3-10-4/h1-3,5H,(H2,8,9). The molecule has 1 aromatic rings. The normalized spacial score (nSPS) is 12.9. The molecule has 0 aliphatic rings. The highest BCUT2D eigenvalue weighted by molar-refractivity contribution is 7.10. The highest BCUT2D eigenvalue weighted by Crippen LogP contribution is 2.23. The van der Waals surface area contributed by atoms with Gasteiger partial charge in [-0.1, -0.05) is 6.07 Å². The minimum absolute atomic E-state index is 0.496. The van der Waals surface area contributed by atoms with Crippen molar-refractivity contribution in [3.8, 4) is 0 Å². The van der Waals surface area contributed by atoms with Crippen LogP contribution in [0.5, 0.6) is 0 Å². The summed E-state index contributed by atoms with van der Waals surface area (Å²) in [5.41, 5.74) is 4.96. The summed E-state index contributed by atoms with van der Waals surface area (Å²) in [7, 11) is 0. The molecule has 4 heteroatoms. The number of hydrogen-bond acceptors (Lipinski definition) is 2. The second kappa shape index (κ2) is 3.03. The average Bonchev–Trinajstić information content (AvgIpc) is 2.36. The Morgan fingerprint density at radius 3 is 2.90 bits per heavy atom. The first kappa shape index (κ1) is 7.57. The zero-order valence-corrected chi connectivity index (χ0v) is 6.65. The third-order valence-corrected chi connectivity index (χ3v) is 2.56. The first-order valence-electron chi connectivity index (χ1n) is 2.68. The summed E-state index contributed by atoms with van der Waals surface area (Å²) in [6.45, 7) is 0. The van der Waals surface area contributed by atoms with Crippen LogP contribution in [0.2, 0.25) is 0 Å². The van der Waals surface area contributed by atoms with Gasteiger partial charge in [-0.05, 0) is 11.4 Å². The fraction of sp³-hybridized carbons (Fsp3) is 0.167. The molecule has 2 N–H and O–H groups in total. The van der Waals surface area contributed by atoms with Crippen molar-refractivity contribution in [1.82, 2.24) is 0 Å². The van der Waals surface area contributed by atoms with Gasteiger partial charge in [0.1, 0.15) is 5.38 Å². The maximum atomic E-state index is 10.5. The van der Waals surface area contributed by atoms with Gasteiger partial charge in [0.2, 0.25) is 5.91 Å². The lowest BCUT2D eigenvalue weighted by Gasteiger charge is -1.98. The fourth-order valence-corrected chi connectivity index (χ4v) is 1.51. The Kier molecular flexibility index (Phi) is 2.29. The third kappa shape index (κ3) is 1.49. The summed E-state index contributed by atoms with van der Waals surface area (Å²) in [5, 5.41) is 1.19. The van der Waals surface area contributed by atoms with Crippen LogP contribution in [0.25, 0.3) is 0 Å². The molecule has 1 heterocycles. The molecular formula is C6H6ClNOS. The molecule has 0 saturated carbocycles. The number of thiophene rings is 1. The van der Waals surface area contributed by atoms with Crippen LogP contribution in [-0.2, 0) is 4.79 Å². The van der Waals surface area contributed by atoms with E-state index in [-0.39, 0.29) is 0 Å². The Hall–Kier alpha value is -0.540. The Balaban J connectivity index is 2.77. The molecule has 0 bridgehead atoms. The number of nitrogens with two attached hydrogens (primary N) is 1. The molecule has 0 saturated heterocycles. The van der Waals surface area contributed by atoms with Gasteiger partial charge in [-0.15, -0.1) is 22.9 Å². The number of primary amides is 1. The van der Waals surface area contributed by atoms with E-state index in [9.17, 15) is 4.79 Å². The van der Waals surface area contributed by atoms with Crippen molar-refractivity contribution < 1.29 is 4.79 Å². The van der Waals surface area contributed by atoms with Gasteiger partial charge in [-0.25, -0.2) is 0 Å². The Labute approximate surface area is 67.6 Å². The fourth-order valence-electron chi connectivity index (χ4n) is 0.576. The van der Waals surface area contributed by atoms with Gasteiger partial charge in [0.15, 0.2) is 0 Å². The lowest BCUT2D eigenvalue weighted by atomic mass is 10.3. The van der Waals surface area contributed by atoms with Crippen LogP contribution < -0.4 is 5.73 Å². The van der Waals surface area contributed by atoms with Crippen molar-refractivity contribution in [1.29, 1.82) is 0 Å². The van der Waals surface area contributed by atoms with Crippen LogP contribution in [-0.4, -0.2) is 5.91 Å². The molecule has 0 aliphatic carbocycles. The SMILES string of the molecule is NC(=O)C(Cl)c1cccs1. The molecule has 0 aliphatic heterocycles. The van der Waals surface area contributed by atoms with Crippen molar-refractivity contribution in [2.45, 2.75) is 5.38 Å². The average molecular weight is 176 g/mol. The summed E-state index contributed by atoms with van der Waals surface area (Å²) in [5.74, 6) is -0.496. The highest BCUT2D eigenvalue weighted by Gasteiger charge is 2.13. The molecule has 1 rings (SSSR count). The van der Waals surface area contributed by atoms with Crippen molar-refractivity contribution in [2.24, 2.45) is 5.73 Å². The second-order valence-electron chi connectivity index (χ2n) is 1.78. The Morgan fingerprint density at radius 2 is 2.50 bits per heavy atom. The first-order valence-corrected chi connectivity index (χ1v) is 4.00. The molecule has 54 valence electrons. The van der Waals surface area contributed by atoms with E-state index < -0.39 is 11.3 Å². The number of carbonyl (C=O) groups excluding carboxylic acids is 1. The van der Waals surface area contributed by atoms with Gasteiger partial charge >= 0.3 is 0 Å². The molecule has 0 fully saturated rings. The van der Waals surface area contributed by atoms with Crippen molar-refractivity contribution in [3.63, 3.8) is 0 Å². The van der Waals surface area contributed by atoms with Gasteiger partial charge in [0.25, 0.3) is 0 Å². The molecule has 1 aromatic heterocycles. The largest absolute Gasteiger partial charge is 0.368 e. The summed E-state index contributed by atoms with van der Waals surface area (Å²) >= 11 is 7.04. The zero-order valence-electron chi connectivity index (χ0n) is 5.08. The van der Waals surface area contributed by atoms with E-state index in [0.717, 1.165) is 4.88 Å². The van der Waals surface area contributed by atoms with Crippen LogP contribution in [0.15, 0.2) is 17.5 Å². The Morgan fingerprint density at radius 1 is 1.80 bits per heavy atom. The first-order chi connectivity index (χ1) is 4.72. The van der Waals surface area contributed by atoms with Gasteiger partial charge in [-0.2, -0.15) is 0 Å². The van der Waals surface area contributed by atoms with Gasteiger partial charge < -0.3 is 5.73 Å². The minimum Gasteiger partial charge on any atom is -0.368 e. The van der Waals surface area contributed by atoms with E-state index in [1.165, 1.54) is 11.3 Å². The molecule has 10 heavy (non-hydrogen) atoms. The molecule has 1 amide bonds. The van der Waals surface area contributed by atoms with Crippen molar-refractivity contribution >= 4 is 28.8 Å². The van der Waals surface area contributed by atoms with E-state index in [1.54, 1.807) is 6.07 Å². The topological polar surface area (TPSA) is 43.1 Å². The van der Waals surface area contributed by atoms with E-state index >= 15 is 0 Å². The molecule has 2 nitrogen and oxygen atoms in total. The predicted molar refractivity (Wildman–Crippen MR) is 42.1 cm³/mol. The molecule has 0 radical (unpaired) electrons. The smallest absolute Gasteiger partial charge is 0.240 e. The third-order valence-electron chi connectivity index (χ3n) is 1.04. The number of amides is 1. The van der Waals surface area contributed by atoms with Gasteiger partial charge in [-0.3, -0.25) is 4.79 Å². The van der Waals surface area contributed by atoms with E-state index in [1.807, 2.05) is 11.4 Å². The Bertz CT molecular complexity index is 222. The van der Waals surface area contributed by atoms with Gasteiger partial charge in [0, 0.05) is 4.88 Å². The molecule has 1 unspecified atom stereocenters. The summed E-state index contributed by atoms with van der Waals surface area (Å²) in [6.07, 6.45) is 0. The zero-order chi connectivity index (χ0) is 7.56. The number of alkyl halides is 1. The predicted octanol–water partition coefficient (Wildman–Crippen LogP) is 1.51. The van der Waals surface area contributed by atoms with E-state index in [0.29, 0.717) is 0 Å². The number of rotatable bonds is 2. The molecule has 1 atom stereocenters. The molecule has 0 spiro atoms. The van der Waals surface area contributed by atoms with Gasteiger partial charge in [0.05, 0.1) is 0 Å². The molecular weight excluding hydrogens is 170 g/mol. The maximum absolute atomic E-state index is 10.5. The second-order valence-corrected chi connectivity index (χ2v) is 3.20. The summed E-state index contributed by atoms with van der Waals surface area (Å²) < 4.78 is 0. The number of carbonyl (C=O) groups is 1. The molecule has 0 aromatic carbocycles. The summed E-state index contributed by atoms with van der Waals surface area (Å²) in [6, 6.07) is 3.62. The van der Waals surface area contributed by atoms with Crippen molar-refractivity contribution in [3.05, 3.63) is 22.4 Å². The number of halogens is 1. The lowest BCUT2D eigenvalue weighted by molar-refractivity contribution is -0.117. The monoisotopic (exact) mass is 175 g/mol. The summed E-state index contributed by atoms with van der Waals surface area (Å²) in [4.78, 5) is 11.3. The van der Waals surface area contributed by atoms with Crippen LogP contribution >= 0.6 is 22.9 Å². The van der Waals surface area contributed by atoms with E-state index in [4.69, 9.17) is 17.3 Å². The van der Waals surface area contributed by atoms with Crippen molar-refractivity contribution in [2.75, 3.05) is 0 Å². The van der Waals surface area contributed by atoms with Crippen LogP contribution in [0.1, 0.15) is 10.3 Å². The van der Waals surface area contributed by atoms with Crippen LogP contribution in [0, 0.1) is 0 Å². The minimum atomic E-state index is -0.667. The van der Waals surface area contributed by atoms with Crippen LogP contribution in [0.4, 0.5) is 0 Å². The number of hydrogen-bond donors (Lipinski definition) is 1.